The fourth-order valence-corrected chi connectivity index (χ4v) is 2.01. The van der Waals surface area contributed by atoms with Crippen LogP contribution in [0.25, 0.3) is 0 Å². The summed E-state index contributed by atoms with van der Waals surface area (Å²) in [6, 6.07) is 3.46. The lowest BCUT2D eigenvalue weighted by Crippen LogP contribution is -2.40. The van der Waals surface area contributed by atoms with Gasteiger partial charge in [0.25, 0.3) is 0 Å². The normalized spacial score (nSPS) is 15.1. The van der Waals surface area contributed by atoms with Crippen molar-refractivity contribution in [1.82, 2.24) is 5.32 Å². The van der Waals surface area contributed by atoms with Crippen molar-refractivity contribution in [2.24, 2.45) is 16.6 Å². The molecule has 0 radical (unpaired) electrons. The van der Waals surface area contributed by atoms with Crippen LogP contribution in [0.1, 0.15) is 12.8 Å². The Labute approximate surface area is 121 Å². The number of hydrogen-bond donors (Lipinski definition) is 2. The topological polar surface area (TPSA) is 70.7 Å². The van der Waals surface area contributed by atoms with E-state index in [1.165, 1.54) is 25.2 Å². The molecule has 3 N–H and O–H groups in total. The Morgan fingerprint density at radius 2 is 2.30 bits per heavy atom. The van der Waals surface area contributed by atoms with Crippen molar-refractivity contribution in [3.63, 3.8) is 0 Å². The number of rotatable bonds is 3. The number of halogens is 2. The Morgan fingerprint density at radius 3 is 2.90 bits per heavy atom. The minimum absolute atomic E-state index is 0.00347. The van der Waals surface area contributed by atoms with Crippen molar-refractivity contribution in [3.05, 3.63) is 29.0 Å². The fourth-order valence-electron chi connectivity index (χ4n) is 1.79. The number of hydrogen-bond acceptors (Lipinski definition) is 1. The molecule has 1 saturated carbocycles. The number of carbonyl (C=O) groups excluding carboxylic acids is 1. The van der Waals surface area contributed by atoms with Gasteiger partial charge in [-0.3, -0.25) is 0 Å². The van der Waals surface area contributed by atoms with E-state index in [2.05, 4.69) is 10.3 Å². The molecular weight excluding hydrogens is 283 g/mol. The average Bonchev–Trinajstić information content (AvgIpc) is 3.22. The maximum atomic E-state index is 13.4. The van der Waals surface area contributed by atoms with E-state index < -0.39 is 11.8 Å². The Morgan fingerprint density at radius 1 is 1.60 bits per heavy atom. The number of carbonyl (C=O) groups is 1. The molecule has 0 heterocycles. The van der Waals surface area contributed by atoms with Gasteiger partial charge < -0.3 is 16.0 Å². The lowest BCUT2D eigenvalue weighted by atomic mass is 10.2. The second kappa shape index (κ2) is 6.09. The van der Waals surface area contributed by atoms with E-state index in [1.54, 1.807) is 4.90 Å². The molecule has 20 heavy (non-hydrogen) atoms. The van der Waals surface area contributed by atoms with Crippen molar-refractivity contribution in [3.8, 4) is 0 Å². The smallest absolute Gasteiger partial charge is 0.343 e. The molecule has 0 bridgehead atoms. The molecule has 0 atom stereocenters. The van der Waals surface area contributed by atoms with Crippen LogP contribution in [-0.2, 0) is 0 Å². The Kier molecular flexibility index (Phi) is 4.44. The third-order valence-electron chi connectivity index (χ3n) is 3.04. The molecule has 0 spiro atoms. The monoisotopic (exact) mass is 298 g/mol. The summed E-state index contributed by atoms with van der Waals surface area (Å²) >= 11 is 6.09. The molecular formula is C13H16ClFN4O. The third kappa shape index (κ3) is 3.60. The highest BCUT2D eigenvalue weighted by atomic mass is 35.5. The molecule has 7 heteroatoms. The Balaban J connectivity index is 2.33. The lowest BCUT2D eigenvalue weighted by Gasteiger charge is -2.24. The first-order valence-corrected chi connectivity index (χ1v) is 6.67. The summed E-state index contributed by atoms with van der Waals surface area (Å²) in [6.07, 6.45) is 2.16. The van der Waals surface area contributed by atoms with Gasteiger partial charge in [0.1, 0.15) is 5.82 Å². The number of guanidine groups is 1. The zero-order valence-electron chi connectivity index (χ0n) is 11.1. The number of nitrogens with two attached hydrogens (primary N) is 1. The van der Waals surface area contributed by atoms with Gasteiger partial charge in [0.05, 0.1) is 10.7 Å². The number of aliphatic imine (C=N–C) groups is 1. The minimum atomic E-state index is -0.559. The van der Waals surface area contributed by atoms with Crippen LogP contribution in [0.5, 0.6) is 0 Å². The molecule has 0 aliphatic heterocycles. The highest BCUT2D eigenvalue weighted by Gasteiger charge is 2.27. The van der Waals surface area contributed by atoms with Gasteiger partial charge in [-0.15, -0.1) is 0 Å². The van der Waals surface area contributed by atoms with Gasteiger partial charge >= 0.3 is 6.03 Å². The van der Waals surface area contributed by atoms with Gasteiger partial charge in [-0.1, -0.05) is 11.6 Å². The van der Waals surface area contributed by atoms with Crippen LogP contribution < -0.4 is 16.0 Å². The summed E-state index contributed by atoms with van der Waals surface area (Å²) in [5.74, 6) is 0.0504. The quantitative estimate of drug-likeness (QED) is 0.665. The van der Waals surface area contributed by atoms with Crippen LogP contribution in [0.4, 0.5) is 14.9 Å². The zero-order valence-corrected chi connectivity index (χ0v) is 11.8. The van der Waals surface area contributed by atoms with E-state index in [4.69, 9.17) is 17.3 Å². The number of benzene rings is 1. The molecule has 2 rings (SSSR count). The van der Waals surface area contributed by atoms with Crippen molar-refractivity contribution < 1.29 is 9.18 Å². The summed E-state index contributed by atoms with van der Waals surface area (Å²) in [5, 5.41) is 2.72. The molecule has 2 amide bonds. The number of nitrogens with zero attached hydrogens (tertiary/aromatic N) is 2. The maximum Gasteiger partial charge on any atom is 0.343 e. The lowest BCUT2D eigenvalue weighted by molar-refractivity contribution is 0.251. The predicted molar refractivity (Wildman–Crippen MR) is 77.6 cm³/mol. The molecule has 1 aromatic carbocycles. The van der Waals surface area contributed by atoms with Crippen LogP contribution in [0, 0.1) is 11.7 Å². The number of urea groups is 1. The SMILES string of the molecule is CNC(=O)N=C(N)N(CC1CC1)c1cc(F)ccc1Cl. The summed E-state index contributed by atoms with van der Waals surface area (Å²) in [5.41, 5.74) is 6.28. The van der Waals surface area contributed by atoms with Crippen molar-refractivity contribution in [1.29, 1.82) is 0 Å². The standard InChI is InChI=1S/C13H16ClFN4O/c1-17-13(20)18-12(16)19(7-8-2-3-8)11-6-9(15)4-5-10(11)14/h4-6,8H,2-3,7H2,1H3,(H3,16,17,18,20). The van der Waals surface area contributed by atoms with E-state index in [0.717, 1.165) is 12.8 Å². The van der Waals surface area contributed by atoms with Gasteiger partial charge in [-0.05, 0) is 37.0 Å². The van der Waals surface area contributed by atoms with Gasteiger partial charge in [-0.25, -0.2) is 9.18 Å². The van der Waals surface area contributed by atoms with Gasteiger partial charge in [0, 0.05) is 13.6 Å². The van der Waals surface area contributed by atoms with Crippen LogP contribution in [-0.4, -0.2) is 25.6 Å². The van der Waals surface area contributed by atoms with E-state index in [1.807, 2.05) is 0 Å². The zero-order chi connectivity index (χ0) is 14.7. The van der Waals surface area contributed by atoms with Gasteiger partial charge in [-0.2, -0.15) is 4.99 Å². The second-order valence-corrected chi connectivity index (χ2v) is 5.08. The van der Waals surface area contributed by atoms with E-state index in [-0.39, 0.29) is 5.96 Å². The first-order valence-electron chi connectivity index (χ1n) is 6.29. The largest absolute Gasteiger partial charge is 0.369 e. The summed E-state index contributed by atoms with van der Waals surface area (Å²) < 4.78 is 13.4. The second-order valence-electron chi connectivity index (χ2n) is 4.67. The van der Waals surface area contributed by atoms with Crippen LogP contribution in [0.15, 0.2) is 23.2 Å². The average molecular weight is 299 g/mol. The molecule has 1 aliphatic rings. The molecule has 5 nitrogen and oxygen atoms in total. The molecule has 1 aromatic rings. The molecule has 108 valence electrons. The number of anilines is 1. The van der Waals surface area contributed by atoms with Crippen LogP contribution in [0.2, 0.25) is 5.02 Å². The summed E-state index contributed by atoms with van der Waals surface area (Å²) in [6.45, 7) is 0.565. The highest BCUT2D eigenvalue weighted by molar-refractivity contribution is 6.33. The van der Waals surface area contributed by atoms with Crippen LogP contribution in [0.3, 0.4) is 0 Å². The predicted octanol–water partition coefficient (Wildman–Crippen LogP) is 2.35. The van der Waals surface area contributed by atoms with E-state index in [0.29, 0.717) is 23.2 Å². The summed E-state index contributed by atoms with van der Waals surface area (Å²) in [4.78, 5) is 16.6. The first kappa shape index (κ1) is 14.6. The Bertz CT molecular complexity index is 545. The van der Waals surface area contributed by atoms with Crippen LogP contribution >= 0.6 is 11.6 Å². The molecule has 1 fully saturated rings. The third-order valence-corrected chi connectivity index (χ3v) is 3.36. The molecule has 0 aromatic heterocycles. The highest BCUT2D eigenvalue weighted by Crippen LogP contribution is 2.34. The first-order chi connectivity index (χ1) is 9.51. The molecule has 0 saturated heterocycles. The van der Waals surface area contributed by atoms with E-state index >= 15 is 0 Å². The number of amides is 2. The molecule has 1 aliphatic carbocycles. The maximum absolute atomic E-state index is 13.4. The van der Waals surface area contributed by atoms with Crippen molar-refractivity contribution in [2.45, 2.75) is 12.8 Å². The minimum Gasteiger partial charge on any atom is -0.369 e. The Hall–Kier alpha value is -1.82. The van der Waals surface area contributed by atoms with Gasteiger partial charge in [0.2, 0.25) is 5.96 Å². The summed E-state index contributed by atoms with van der Waals surface area (Å²) in [7, 11) is 1.46. The number of nitrogens with one attached hydrogen (secondary N) is 1. The van der Waals surface area contributed by atoms with Crippen molar-refractivity contribution >= 4 is 29.3 Å². The van der Waals surface area contributed by atoms with Gasteiger partial charge in [0.15, 0.2) is 0 Å². The fraction of sp³-hybridized carbons (Fsp3) is 0.385. The molecule has 0 unspecified atom stereocenters. The van der Waals surface area contributed by atoms with E-state index in [9.17, 15) is 9.18 Å². The van der Waals surface area contributed by atoms with Crippen molar-refractivity contribution in [2.75, 3.05) is 18.5 Å².